The maximum atomic E-state index is 13.1. The number of nitrogen functional groups attached to an aromatic ring is 1. The summed E-state index contributed by atoms with van der Waals surface area (Å²) in [5.41, 5.74) is 9.29. The predicted molar refractivity (Wildman–Crippen MR) is 159 cm³/mol. The second kappa shape index (κ2) is 11.7. The third kappa shape index (κ3) is 5.76. The fraction of sp³-hybridized carbons (Fsp3) is 0.308. The van der Waals surface area contributed by atoms with Gasteiger partial charge in [-0.2, -0.15) is 0 Å². The van der Waals surface area contributed by atoms with Crippen LogP contribution in [0, 0.1) is 13.8 Å². The minimum Gasteiger partial charge on any atom is -0.384 e. The molecule has 0 saturated heterocycles. The lowest BCUT2D eigenvalue weighted by molar-refractivity contribution is -0.108. The molecule has 0 spiro atoms. The highest BCUT2D eigenvalue weighted by Gasteiger charge is 2.28. The molecule has 0 aliphatic carbocycles. The van der Waals surface area contributed by atoms with E-state index in [4.69, 9.17) is 10.7 Å². The van der Waals surface area contributed by atoms with Crippen LogP contribution in [0.5, 0.6) is 0 Å². The number of aryl methyl sites for hydroxylation is 3. The van der Waals surface area contributed by atoms with Gasteiger partial charge in [0.25, 0.3) is 5.56 Å². The van der Waals surface area contributed by atoms with Gasteiger partial charge in [-0.3, -0.25) is 14.3 Å². The molecule has 202 valence electrons. The summed E-state index contributed by atoms with van der Waals surface area (Å²) in [4.78, 5) is 44.7. The van der Waals surface area contributed by atoms with E-state index >= 15 is 0 Å². The summed E-state index contributed by atoms with van der Waals surface area (Å²) in [5, 5.41) is 8.66. The van der Waals surface area contributed by atoms with Crippen LogP contribution >= 0.6 is 34.0 Å². The van der Waals surface area contributed by atoms with E-state index in [2.05, 4.69) is 31.7 Å². The number of hydrogen-bond donors (Lipinski definition) is 3. The van der Waals surface area contributed by atoms with Gasteiger partial charge in [-0.15, -0.1) is 34.0 Å². The number of aromatic nitrogens is 5. The summed E-state index contributed by atoms with van der Waals surface area (Å²) in [6.07, 6.45) is 5.76. The van der Waals surface area contributed by atoms with Gasteiger partial charge in [0.15, 0.2) is 5.82 Å². The molecular formula is C26H28N8O2S3. The lowest BCUT2D eigenvalue weighted by Gasteiger charge is -2.26. The number of nitrogens with one attached hydrogen (secondary N) is 2. The molecule has 0 radical (unpaired) electrons. The summed E-state index contributed by atoms with van der Waals surface area (Å²) in [6.45, 7) is 4.85. The molecule has 1 atom stereocenters. The number of fused-ring (bicyclic) bond motifs is 2. The Bertz CT molecular complexity index is 1670. The zero-order valence-corrected chi connectivity index (χ0v) is 24.2. The highest BCUT2D eigenvalue weighted by molar-refractivity contribution is 7.19. The van der Waals surface area contributed by atoms with E-state index in [1.54, 1.807) is 34.4 Å². The van der Waals surface area contributed by atoms with Gasteiger partial charge in [0.2, 0.25) is 0 Å². The SMILES string of the molecule is CNCc1cc2cnc(N)cc2s1.Cc1nc(C)c([C@@H]2CCc3nc(-c4cncs4)n(CC=O)c(=O)c3N2)s1. The van der Waals surface area contributed by atoms with E-state index in [-0.39, 0.29) is 18.1 Å². The van der Waals surface area contributed by atoms with E-state index in [0.29, 0.717) is 23.8 Å². The summed E-state index contributed by atoms with van der Waals surface area (Å²) in [5.74, 6) is 1.10. The second-order valence-electron chi connectivity index (χ2n) is 9.01. The van der Waals surface area contributed by atoms with Crippen LogP contribution in [-0.4, -0.2) is 37.8 Å². The van der Waals surface area contributed by atoms with Crippen molar-refractivity contribution in [2.24, 2.45) is 0 Å². The second-order valence-corrected chi connectivity index (χ2v) is 12.3. The minimum absolute atomic E-state index is 0.0304. The van der Waals surface area contributed by atoms with Crippen molar-refractivity contribution in [2.75, 3.05) is 18.1 Å². The van der Waals surface area contributed by atoms with Gasteiger partial charge in [-0.05, 0) is 45.9 Å². The average Bonchev–Trinajstić information content (AvgIpc) is 3.66. The Hall–Kier alpha value is -3.52. The Balaban J connectivity index is 0.000000198. The number of rotatable bonds is 6. The zero-order chi connectivity index (χ0) is 27.5. The molecule has 0 saturated carbocycles. The zero-order valence-electron chi connectivity index (χ0n) is 21.7. The van der Waals surface area contributed by atoms with Crippen molar-refractivity contribution >= 4 is 61.9 Å². The van der Waals surface area contributed by atoms with E-state index in [9.17, 15) is 9.59 Å². The molecule has 1 aliphatic heterocycles. The first kappa shape index (κ1) is 27.1. The van der Waals surface area contributed by atoms with Crippen molar-refractivity contribution in [3.8, 4) is 10.7 Å². The molecule has 6 rings (SSSR count). The molecule has 1 aliphatic rings. The first-order valence-corrected chi connectivity index (χ1v) is 14.8. The Morgan fingerprint density at radius 1 is 1.23 bits per heavy atom. The molecule has 39 heavy (non-hydrogen) atoms. The first-order chi connectivity index (χ1) is 18.9. The number of nitrogens with two attached hydrogens (primary N) is 1. The molecule has 0 amide bonds. The van der Waals surface area contributed by atoms with Crippen LogP contribution in [0.3, 0.4) is 0 Å². The van der Waals surface area contributed by atoms with Gasteiger partial charge in [0, 0.05) is 38.8 Å². The molecule has 6 heterocycles. The van der Waals surface area contributed by atoms with Crippen molar-refractivity contribution in [3.63, 3.8) is 0 Å². The number of carbonyl (C=O) groups is 1. The number of carbonyl (C=O) groups excluding carboxylic acids is 1. The summed E-state index contributed by atoms with van der Waals surface area (Å²) >= 11 is 4.81. The maximum absolute atomic E-state index is 13.1. The lowest BCUT2D eigenvalue weighted by Crippen LogP contribution is -2.32. The number of thiophene rings is 1. The van der Waals surface area contributed by atoms with Crippen molar-refractivity contribution in [2.45, 2.75) is 45.8 Å². The Morgan fingerprint density at radius 3 is 2.77 bits per heavy atom. The maximum Gasteiger partial charge on any atom is 0.277 e. The number of thiazole rings is 2. The first-order valence-electron chi connectivity index (χ1n) is 12.3. The van der Waals surface area contributed by atoms with Gasteiger partial charge in [0.05, 0.1) is 39.4 Å². The molecule has 0 aromatic carbocycles. The van der Waals surface area contributed by atoms with Gasteiger partial charge < -0.3 is 21.2 Å². The van der Waals surface area contributed by atoms with E-state index in [1.807, 2.05) is 33.2 Å². The van der Waals surface area contributed by atoms with Crippen molar-refractivity contribution < 1.29 is 4.79 Å². The van der Waals surface area contributed by atoms with Crippen LogP contribution in [-0.2, 0) is 24.3 Å². The molecule has 10 nitrogen and oxygen atoms in total. The predicted octanol–water partition coefficient (Wildman–Crippen LogP) is 4.34. The smallest absolute Gasteiger partial charge is 0.277 e. The Kier molecular flexibility index (Phi) is 8.12. The molecule has 0 fully saturated rings. The van der Waals surface area contributed by atoms with E-state index < -0.39 is 0 Å². The topological polar surface area (TPSA) is 141 Å². The fourth-order valence-electron chi connectivity index (χ4n) is 4.54. The normalized spacial score (nSPS) is 14.4. The van der Waals surface area contributed by atoms with Gasteiger partial charge in [-0.25, -0.2) is 15.0 Å². The number of anilines is 2. The van der Waals surface area contributed by atoms with Crippen LogP contribution < -0.4 is 21.9 Å². The molecule has 13 heteroatoms. The Morgan fingerprint density at radius 2 is 2.08 bits per heavy atom. The molecule has 0 unspecified atom stereocenters. The van der Waals surface area contributed by atoms with E-state index in [0.717, 1.165) is 45.4 Å². The average molecular weight is 581 g/mol. The largest absolute Gasteiger partial charge is 0.384 e. The number of pyridine rings is 1. The fourth-order valence-corrected chi connectivity index (χ4v) is 7.27. The monoisotopic (exact) mass is 580 g/mol. The third-order valence-corrected chi connectivity index (χ3v) is 9.28. The van der Waals surface area contributed by atoms with Crippen molar-refractivity contribution in [1.29, 1.82) is 0 Å². The van der Waals surface area contributed by atoms with Gasteiger partial charge in [0.1, 0.15) is 17.8 Å². The minimum atomic E-state index is -0.214. The Labute approximate surface area is 237 Å². The van der Waals surface area contributed by atoms with E-state index in [1.165, 1.54) is 30.9 Å². The van der Waals surface area contributed by atoms with Crippen LogP contribution in [0.4, 0.5) is 11.5 Å². The molecular weight excluding hydrogens is 553 g/mol. The highest BCUT2D eigenvalue weighted by Crippen LogP contribution is 2.35. The van der Waals surface area contributed by atoms with Gasteiger partial charge in [-0.1, -0.05) is 0 Å². The summed E-state index contributed by atoms with van der Waals surface area (Å²) in [7, 11) is 1.94. The molecule has 0 bridgehead atoms. The van der Waals surface area contributed by atoms with Crippen LogP contribution in [0.2, 0.25) is 0 Å². The lowest BCUT2D eigenvalue weighted by atomic mass is 10.0. The number of aldehydes is 1. The third-order valence-electron chi connectivity index (χ3n) is 6.22. The molecule has 5 aromatic rings. The highest BCUT2D eigenvalue weighted by atomic mass is 32.1. The summed E-state index contributed by atoms with van der Waals surface area (Å²) in [6, 6.07) is 4.10. The standard InChI is InChI=1S/C17H17N5O2S2.C9H11N3S/c1-9-15(26-10(2)19-9)12-4-3-11-14(20-12)17(24)22(5-6-23)16(21-11)13-7-18-8-25-13;1-11-5-7-2-6-4-12-9(10)3-8(6)13-7/h6-8,12,20H,3-5H2,1-2H3;2-4,11H,5H2,1H3,(H2,10,12)/t12-;/m0./s1. The van der Waals surface area contributed by atoms with Crippen molar-refractivity contribution in [3.05, 3.63) is 66.5 Å². The van der Waals surface area contributed by atoms with Crippen LogP contribution in [0.1, 0.15) is 38.6 Å². The number of nitrogens with zero attached hydrogens (tertiary/aromatic N) is 5. The number of hydrogen-bond acceptors (Lipinski definition) is 12. The summed E-state index contributed by atoms with van der Waals surface area (Å²) < 4.78 is 2.62. The van der Waals surface area contributed by atoms with Gasteiger partial charge >= 0.3 is 0 Å². The van der Waals surface area contributed by atoms with Crippen LogP contribution in [0.15, 0.2) is 34.8 Å². The molecule has 4 N–H and O–H groups in total. The molecule has 5 aromatic heterocycles. The van der Waals surface area contributed by atoms with Crippen LogP contribution in [0.25, 0.3) is 20.8 Å². The quantitative estimate of drug-likeness (QED) is 0.250. The van der Waals surface area contributed by atoms with Crippen molar-refractivity contribution in [1.82, 2.24) is 29.8 Å².